The number of aromatic hydroxyl groups is 1. The molecule has 1 heterocycles. The van der Waals surface area contributed by atoms with E-state index in [9.17, 15) is 14.7 Å². The van der Waals surface area contributed by atoms with Crippen molar-refractivity contribution in [2.24, 2.45) is 0 Å². The van der Waals surface area contributed by atoms with Crippen molar-refractivity contribution >= 4 is 46.8 Å². The standard InChI is InChI=1S/C15H13ClN2O3S/c1-3-4-18-14(21)11(13(20)17-15(18)22)7-9-6-10(16)5-8(2)12(9)19/h3,5-7,19H,1,4H2,2H3,(H,17,20,22). The number of hydrogen-bond donors (Lipinski definition) is 2. The van der Waals surface area contributed by atoms with Gasteiger partial charge in [0.25, 0.3) is 11.8 Å². The summed E-state index contributed by atoms with van der Waals surface area (Å²) in [6.07, 6.45) is 2.80. The number of phenolic OH excluding ortho intramolecular Hbond substituents is 1. The highest BCUT2D eigenvalue weighted by molar-refractivity contribution is 7.80. The zero-order valence-electron chi connectivity index (χ0n) is 11.7. The Kier molecular flexibility index (Phi) is 4.63. The van der Waals surface area contributed by atoms with Crippen LogP contribution in [0.25, 0.3) is 6.08 Å². The van der Waals surface area contributed by atoms with E-state index in [0.717, 1.165) is 0 Å². The molecule has 1 aliphatic rings. The summed E-state index contributed by atoms with van der Waals surface area (Å²) in [5.41, 5.74) is 0.698. The Labute approximate surface area is 137 Å². The molecule has 2 rings (SSSR count). The van der Waals surface area contributed by atoms with Gasteiger partial charge in [-0.15, -0.1) is 6.58 Å². The molecule has 5 nitrogen and oxygen atoms in total. The Hall–Kier alpha value is -2.18. The van der Waals surface area contributed by atoms with Crippen molar-refractivity contribution in [3.8, 4) is 5.75 Å². The van der Waals surface area contributed by atoms with Gasteiger partial charge in [0.1, 0.15) is 11.3 Å². The fourth-order valence-corrected chi connectivity index (χ4v) is 2.55. The molecule has 0 aliphatic carbocycles. The maximum atomic E-state index is 12.4. The third-order valence-electron chi connectivity index (χ3n) is 3.09. The van der Waals surface area contributed by atoms with Gasteiger partial charge in [0.15, 0.2) is 5.11 Å². The fourth-order valence-electron chi connectivity index (χ4n) is 2.02. The van der Waals surface area contributed by atoms with E-state index < -0.39 is 11.8 Å². The third kappa shape index (κ3) is 3.03. The summed E-state index contributed by atoms with van der Waals surface area (Å²) in [4.78, 5) is 25.6. The maximum absolute atomic E-state index is 12.4. The molecule has 1 saturated heterocycles. The lowest BCUT2D eigenvalue weighted by atomic mass is 10.0. The zero-order chi connectivity index (χ0) is 16.4. The van der Waals surface area contributed by atoms with Crippen LogP contribution in [0, 0.1) is 6.92 Å². The molecule has 0 spiro atoms. The average Bonchev–Trinajstić information content (AvgIpc) is 2.44. The normalized spacial score (nSPS) is 16.9. The molecule has 7 heteroatoms. The van der Waals surface area contributed by atoms with Crippen LogP contribution < -0.4 is 5.32 Å². The predicted octanol–water partition coefficient (Wildman–Crippen LogP) is 2.17. The van der Waals surface area contributed by atoms with Crippen LogP contribution in [-0.4, -0.2) is 33.5 Å². The van der Waals surface area contributed by atoms with E-state index >= 15 is 0 Å². The molecule has 22 heavy (non-hydrogen) atoms. The highest BCUT2D eigenvalue weighted by Crippen LogP contribution is 2.29. The van der Waals surface area contributed by atoms with Gasteiger partial charge in [-0.3, -0.25) is 19.8 Å². The highest BCUT2D eigenvalue weighted by Gasteiger charge is 2.32. The summed E-state index contributed by atoms with van der Waals surface area (Å²) >= 11 is 10.9. The van der Waals surface area contributed by atoms with Crippen molar-refractivity contribution in [2.45, 2.75) is 6.92 Å². The molecular formula is C15H13ClN2O3S. The number of hydrogen-bond acceptors (Lipinski definition) is 4. The van der Waals surface area contributed by atoms with E-state index in [1.165, 1.54) is 23.1 Å². The lowest BCUT2D eigenvalue weighted by molar-refractivity contribution is -0.128. The Bertz CT molecular complexity index is 728. The van der Waals surface area contributed by atoms with Crippen molar-refractivity contribution in [1.29, 1.82) is 0 Å². The second-order valence-electron chi connectivity index (χ2n) is 4.68. The van der Waals surface area contributed by atoms with Crippen LogP contribution in [0.4, 0.5) is 0 Å². The molecule has 0 aromatic heterocycles. The third-order valence-corrected chi connectivity index (χ3v) is 3.63. The van der Waals surface area contributed by atoms with Gasteiger partial charge in [-0.2, -0.15) is 0 Å². The number of phenols is 1. The molecule has 1 aromatic carbocycles. The number of aryl methyl sites for hydroxylation is 1. The summed E-state index contributed by atoms with van der Waals surface area (Å²) < 4.78 is 0. The van der Waals surface area contributed by atoms with Crippen molar-refractivity contribution in [1.82, 2.24) is 10.2 Å². The quantitative estimate of drug-likeness (QED) is 0.384. The molecule has 0 radical (unpaired) electrons. The Morgan fingerprint density at radius 3 is 2.77 bits per heavy atom. The molecule has 1 aliphatic heterocycles. The Morgan fingerprint density at radius 1 is 1.45 bits per heavy atom. The first-order valence-electron chi connectivity index (χ1n) is 6.34. The first-order valence-corrected chi connectivity index (χ1v) is 7.12. The summed E-state index contributed by atoms with van der Waals surface area (Å²) in [6, 6.07) is 3.06. The van der Waals surface area contributed by atoms with Gasteiger partial charge in [-0.05, 0) is 42.9 Å². The topological polar surface area (TPSA) is 69.6 Å². The molecule has 0 bridgehead atoms. The largest absolute Gasteiger partial charge is 0.507 e. The van der Waals surface area contributed by atoms with Gasteiger partial charge in [0, 0.05) is 17.1 Å². The van der Waals surface area contributed by atoms with Crippen molar-refractivity contribution in [2.75, 3.05) is 6.54 Å². The second kappa shape index (κ2) is 6.29. The highest BCUT2D eigenvalue weighted by atomic mass is 35.5. The molecule has 2 amide bonds. The van der Waals surface area contributed by atoms with Gasteiger partial charge >= 0.3 is 0 Å². The smallest absolute Gasteiger partial charge is 0.265 e. The average molecular weight is 337 g/mol. The van der Waals surface area contributed by atoms with E-state index in [1.54, 1.807) is 13.0 Å². The van der Waals surface area contributed by atoms with Crippen molar-refractivity contribution in [3.05, 3.63) is 46.5 Å². The van der Waals surface area contributed by atoms with Crippen LogP contribution in [0.2, 0.25) is 5.02 Å². The number of halogens is 1. The van der Waals surface area contributed by atoms with Crippen LogP contribution in [0.1, 0.15) is 11.1 Å². The number of benzene rings is 1. The summed E-state index contributed by atoms with van der Waals surface area (Å²) in [5.74, 6) is -1.21. The number of thiocarbonyl (C=S) groups is 1. The number of amides is 2. The van der Waals surface area contributed by atoms with E-state index in [-0.39, 0.29) is 28.5 Å². The first-order chi connectivity index (χ1) is 10.3. The van der Waals surface area contributed by atoms with Crippen LogP contribution in [-0.2, 0) is 9.59 Å². The van der Waals surface area contributed by atoms with Gasteiger partial charge in [-0.1, -0.05) is 17.7 Å². The zero-order valence-corrected chi connectivity index (χ0v) is 13.3. The SMILES string of the molecule is C=CCN1C(=O)C(=Cc2cc(Cl)cc(C)c2O)C(=O)NC1=S. The van der Waals surface area contributed by atoms with Gasteiger partial charge in [0.2, 0.25) is 0 Å². The van der Waals surface area contributed by atoms with E-state index in [0.29, 0.717) is 10.6 Å². The van der Waals surface area contributed by atoms with E-state index in [2.05, 4.69) is 11.9 Å². The minimum absolute atomic E-state index is 0.0264. The van der Waals surface area contributed by atoms with Crippen LogP contribution in [0.15, 0.2) is 30.4 Å². The molecule has 2 N–H and O–H groups in total. The van der Waals surface area contributed by atoms with Crippen LogP contribution in [0.3, 0.4) is 0 Å². The monoisotopic (exact) mass is 336 g/mol. The first kappa shape index (κ1) is 16.2. The number of carbonyl (C=O) groups excluding carboxylic acids is 2. The molecule has 1 aromatic rings. The van der Waals surface area contributed by atoms with Crippen molar-refractivity contribution in [3.63, 3.8) is 0 Å². The summed E-state index contributed by atoms with van der Waals surface area (Å²) in [5, 5.41) is 12.9. The summed E-state index contributed by atoms with van der Waals surface area (Å²) in [6.45, 7) is 5.39. The molecule has 0 saturated carbocycles. The van der Waals surface area contributed by atoms with Crippen molar-refractivity contribution < 1.29 is 14.7 Å². The minimum Gasteiger partial charge on any atom is -0.507 e. The van der Waals surface area contributed by atoms with Gasteiger partial charge in [-0.25, -0.2) is 0 Å². The fraction of sp³-hybridized carbons (Fsp3) is 0.133. The Balaban J connectivity index is 2.50. The lowest BCUT2D eigenvalue weighted by Crippen LogP contribution is -2.53. The predicted molar refractivity (Wildman–Crippen MR) is 88.5 cm³/mol. The van der Waals surface area contributed by atoms with Crippen LogP contribution >= 0.6 is 23.8 Å². The second-order valence-corrected chi connectivity index (χ2v) is 5.51. The number of nitrogens with one attached hydrogen (secondary N) is 1. The molecule has 0 unspecified atom stereocenters. The maximum Gasteiger partial charge on any atom is 0.265 e. The number of rotatable bonds is 3. The number of carbonyl (C=O) groups is 2. The summed E-state index contributed by atoms with van der Waals surface area (Å²) in [7, 11) is 0. The minimum atomic E-state index is -0.618. The Morgan fingerprint density at radius 2 is 2.14 bits per heavy atom. The lowest BCUT2D eigenvalue weighted by Gasteiger charge is -2.27. The van der Waals surface area contributed by atoms with Gasteiger partial charge < -0.3 is 5.11 Å². The molecular weight excluding hydrogens is 324 g/mol. The van der Waals surface area contributed by atoms with E-state index in [1.807, 2.05) is 0 Å². The molecule has 0 atom stereocenters. The molecule has 1 fully saturated rings. The number of nitrogens with zero attached hydrogens (tertiary/aromatic N) is 1. The molecule has 114 valence electrons. The van der Waals surface area contributed by atoms with E-state index in [4.69, 9.17) is 23.8 Å². The van der Waals surface area contributed by atoms with Gasteiger partial charge in [0.05, 0.1) is 0 Å². The van der Waals surface area contributed by atoms with Crippen LogP contribution in [0.5, 0.6) is 5.75 Å².